The van der Waals surface area contributed by atoms with Gasteiger partial charge in [-0.3, -0.25) is 4.79 Å². The molecule has 120 valence electrons. The molecule has 1 aromatic carbocycles. The molecular formula is C14H20ClF3N2O. The lowest BCUT2D eigenvalue weighted by Crippen LogP contribution is -2.43. The zero-order valence-electron chi connectivity index (χ0n) is 12.1. The summed E-state index contributed by atoms with van der Waals surface area (Å²) in [7, 11) is 0. The lowest BCUT2D eigenvalue weighted by molar-refractivity contribution is -0.137. The van der Waals surface area contributed by atoms with Crippen LogP contribution in [0.2, 0.25) is 0 Å². The molecule has 0 bridgehead atoms. The van der Waals surface area contributed by atoms with Crippen molar-refractivity contribution in [2.45, 2.75) is 38.4 Å². The van der Waals surface area contributed by atoms with Crippen molar-refractivity contribution in [1.29, 1.82) is 0 Å². The molecule has 0 aliphatic heterocycles. The first-order valence-electron chi connectivity index (χ1n) is 6.25. The zero-order valence-corrected chi connectivity index (χ0v) is 12.9. The Hall–Kier alpha value is -1.27. The third kappa shape index (κ3) is 5.55. The second kappa shape index (κ2) is 7.13. The maximum Gasteiger partial charge on any atom is 0.416 e. The predicted octanol–water partition coefficient (Wildman–Crippen LogP) is 2.87. The van der Waals surface area contributed by atoms with Crippen LogP contribution in [0, 0.1) is 0 Å². The van der Waals surface area contributed by atoms with Crippen LogP contribution in [-0.2, 0) is 16.4 Å². The minimum absolute atomic E-state index is 0. The molecule has 21 heavy (non-hydrogen) atoms. The minimum atomic E-state index is -4.37. The monoisotopic (exact) mass is 324 g/mol. The quantitative estimate of drug-likeness (QED) is 0.894. The summed E-state index contributed by atoms with van der Waals surface area (Å²) in [5, 5.41) is 2.63. The largest absolute Gasteiger partial charge is 0.416 e. The van der Waals surface area contributed by atoms with Crippen LogP contribution in [0.5, 0.6) is 0 Å². The van der Waals surface area contributed by atoms with E-state index in [1.807, 2.05) is 0 Å². The number of carbonyl (C=O) groups is 1. The fourth-order valence-electron chi connectivity index (χ4n) is 1.69. The van der Waals surface area contributed by atoms with Crippen molar-refractivity contribution >= 4 is 18.3 Å². The summed E-state index contributed by atoms with van der Waals surface area (Å²) in [6.45, 7) is 5.30. The van der Waals surface area contributed by atoms with E-state index < -0.39 is 23.2 Å². The summed E-state index contributed by atoms with van der Waals surface area (Å²) in [6, 6.07) is 4.48. The first-order valence-corrected chi connectivity index (χ1v) is 6.25. The van der Waals surface area contributed by atoms with E-state index in [9.17, 15) is 18.0 Å². The van der Waals surface area contributed by atoms with Gasteiger partial charge in [-0.15, -0.1) is 12.4 Å². The highest BCUT2D eigenvalue weighted by Gasteiger charge is 2.32. The molecule has 0 saturated carbocycles. The molecule has 7 heteroatoms. The van der Waals surface area contributed by atoms with Crippen molar-refractivity contribution in [3.63, 3.8) is 0 Å². The molecule has 1 amide bonds. The Bertz CT molecular complexity index is 487. The first kappa shape index (κ1) is 19.7. The molecule has 0 spiro atoms. The standard InChI is InChI=1S/C14H19F3N2O.ClH/c1-9(18)12(20)19-8-13(2,3)10-5-4-6-11(7-10)14(15,16)17;/h4-7,9H,8,18H2,1-3H3,(H,19,20);1H/t9-;/m1./s1. The van der Waals surface area contributed by atoms with Gasteiger partial charge in [0.25, 0.3) is 0 Å². The maximum atomic E-state index is 12.7. The van der Waals surface area contributed by atoms with E-state index in [-0.39, 0.29) is 24.9 Å². The number of hydrogen-bond acceptors (Lipinski definition) is 2. The maximum absolute atomic E-state index is 12.7. The smallest absolute Gasteiger partial charge is 0.354 e. The van der Waals surface area contributed by atoms with E-state index in [2.05, 4.69) is 5.32 Å². The van der Waals surface area contributed by atoms with Crippen LogP contribution < -0.4 is 11.1 Å². The summed E-state index contributed by atoms with van der Waals surface area (Å²) in [6.07, 6.45) is -4.37. The van der Waals surface area contributed by atoms with E-state index >= 15 is 0 Å². The highest BCUT2D eigenvalue weighted by molar-refractivity contribution is 5.85. The van der Waals surface area contributed by atoms with Crippen LogP contribution in [-0.4, -0.2) is 18.5 Å². The number of rotatable bonds is 4. The molecule has 0 saturated heterocycles. The Kier molecular flexibility index (Phi) is 6.70. The Morgan fingerprint density at radius 3 is 2.29 bits per heavy atom. The zero-order chi connectivity index (χ0) is 15.6. The number of nitrogens with one attached hydrogen (secondary N) is 1. The molecule has 0 aliphatic rings. The van der Waals surface area contributed by atoms with Crippen LogP contribution in [0.25, 0.3) is 0 Å². The molecule has 0 heterocycles. The topological polar surface area (TPSA) is 55.1 Å². The molecule has 0 unspecified atom stereocenters. The predicted molar refractivity (Wildman–Crippen MR) is 78.4 cm³/mol. The number of amides is 1. The average Bonchev–Trinajstić information content (AvgIpc) is 2.35. The normalized spacial score (nSPS) is 13.3. The molecule has 1 aromatic rings. The third-order valence-electron chi connectivity index (χ3n) is 3.09. The molecule has 0 radical (unpaired) electrons. The first-order chi connectivity index (χ1) is 9.04. The summed E-state index contributed by atoms with van der Waals surface area (Å²) >= 11 is 0. The van der Waals surface area contributed by atoms with Gasteiger partial charge in [-0.05, 0) is 18.6 Å². The van der Waals surface area contributed by atoms with Crippen molar-refractivity contribution in [2.24, 2.45) is 5.73 Å². The second-order valence-electron chi connectivity index (χ2n) is 5.47. The van der Waals surface area contributed by atoms with Gasteiger partial charge in [0.15, 0.2) is 0 Å². The molecule has 3 nitrogen and oxygen atoms in total. The van der Waals surface area contributed by atoms with E-state index in [0.29, 0.717) is 5.56 Å². The van der Waals surface area contributed by atoms with Gasteiger partial charge in [0.2, 0.25) is 5.91 Å². The van der Waals surface area contributed by atoms with Crippen molar-refractivity contribution in [3.05, 3.63) is 35.4 Å². The molecule has 0 fully saturated rings. The van der Waals surface area contributed by atoms with Crippen molar-refractivity contribution in [3.8, 4) is 0 Å². The molecular weight excluding hydrogens is 305 g/mol. The number of nitrogens with two attached hydrogens (primary N) is 1. The van der Waals surface area contributed by atoms with Gasteiger partial charge >= 0.3 is 6.18 Å². The number of benzene rings is 1. The Morgan fingerprint density at radius 2 is 1.81 bits per heavy atom. The molecule has 0 aliphatic carbocycles. The Labute approximate surface area is 128 Å². The van der Waals surface area contributed by atoms with E-state index in [1.165, 1.54) is 6.07 Å². The molecule has 1 rings (SSSR count). The van der Waals surface area contributed by atoms with Crippen LogP contribution in [0.1, 0.15) is 31.9 Å². The highest BCUT2D eigenvalue weighted by Crippen LogP contribution is 2.32. The van der Waals surface area contributed by atoms with Crippen molar-refractivity contribution in [2.75, 3.05) is 6.54 Å². The third-order valence-corrected chi connectivity index (χ3v) is 3.09. The number of alkyl halides is 3. The van der Waals surface area contributed by atoms with Gasteiger partial charge in [-0.25, -0.2) is 0 Å². The summed E-state index contributed by atoms with van der Waals surface area (Å²) in [5.74, 6) is -0.329. The van der Waals surface area contributed by atoms with Gasteiger partial charge in [0.1, 0.15) is 0 Å². The lowest BCUT2D eigenvalue weighted by atomic mass is 9.83. The lowest BCUT2D eigenvalue weighted by Gasteiger charge is -2.27. The van der Waals surface area contributed by atoms with Crippen LogP contribution >= 0.6 is 12.4 Å². The fraction of sp³-hybridized carbons (Fsp3) is 0.500. The SMILES string of the molecule is C[C@@H](N)C(=O)NCC(C)(C)c1cccc(C(F)(F)F)c1.Cl. The van der Waals surface area contributed by atoms with E-state index in [0.717, 1.165) is 12.1 Å². The fourth-order valence-corrected chi connectivity index (χ4v) is 1.69. The van der Waals surface area contributed by atoms with E-state index in [4.69, 9.17) is 5.73 Å². The van der Waals surface area contributed by atoms with Crippen LogP contribution in [0.4, 0.5) is 13.2 Å². The van der Waals surface area contributed by atoms with Crippen molar-refractivity contribution < 1.29 is 18.0 Å². The summed E-state index contributed by atoms with van der Waals surface area (Å²) in [4.78, 5) is 11.4. The molecule has 1 atom stereocenters. The molecule has 0 aromatic heterocycles. The van der Waals surface area contributed by atoms with Gasteiger partial charge in [-0.1, -0.05) is 32.0 Å². The van der Waals surface area contributed by atoms with Gasteiger partial charge < -0.3 is 11.1 Å². The van der Waals surface area contributed by atoms with Crippen molar-refractivity contribution in [1.82, 2.24) is 5.32 Å². The van der Waals surface area contributed by atoms with Gasteiger partial charge in [0, 0.05) is 12.0 Å². The Morgan fingerprint density at radius 1 is 1.29 bits per heavy atom. The van der Waals surface area contributed by atoms with Crippen LogP contribution in [0.15, 0.2) is 24.3 Å². The second-order valence-corrected chi connectivity index (χ2v) is 5.47. The molecule has 3 N–H and O–H groups in total. The van der Waals surface area contributed by atoms with Gasteiger partial charge in [-0.2, -0.15) is 13.2 Å². The Balaban J connectivity index is 0.00000400. The average molecular weight is 325 g/mol. The van der Waals surface area contributed by atoms with Crippen LogP contribution in [0.3, 0.4) is 0 Å². The number of carbonyl (C=O) groups excluding carboxylic acids is 1. The summed E-state index contributed by atoms with van der Waals surface area (Å²) < 4.78 is 38.1. The van der Waals surface area contributed by atoms with Gasteiger partial charge in [0.05, 0.1) is 11.6 Å². The number of halogens is 4. The van der Waals surface area contributed by atoms with E-state index in [1.54, 1.807) is 26.8 Å². The number of hydrogen-bond donors (Lipinski definition) is 2. The highest BCUT2D eigenvalue weighted by atomic mass is 35.5. The minimum Gasteiger partial charge on any atom is -0.354 e. The summed E-state index contributed by atoms with van der Waals surface area (Å²) in [5.41, 5.74) is 4.62.